The first-order valence-electron chi connectivity index (χ1n) is 2.36. The number of terminal acetylenes is 1. The second kappa shape index (κ2) is 3.68. The van der Waals surface area contributed by atoms with Crippen molar-refractivity contribution in [2.45, 2.75) is 0 Å². The lowest BCUT2D eigenvalue weighted by Gasteiger charge is -1.83. The fraction of sp³-hybridized carbons (Fsp3) is 0. The topological polar surface area (TPSA) is 0 Å². The van der Waals surface area contributed by atoms with Crippen molar-refractivity contribution < 1.29 is 4.39 Å². The van der Waals surface area contributed by atoms with Gasteiger partial charge in [0, 0.05) is 5.57 Å². The number of halogens is 1. The molecular formula is C8H7F. The van der Waals surface area contributed by atoms with Gasteiger partial charge >= 0.3 is 0 Å². The van der Waals surface area contributed by atoms with Crippen LogP contribution in [-0.4, -0.2) is 0 Å². The molecule has 0 saturated heterocycles. The number of rotatable bonds is 2. The third-order valence-electron chi connectivity index (χ3n) is 0.693. The Morgan fingerprint density at radius 1 is 1.67 bits per heavy atom. The van der Waals surface area contributed by atoms with Crippen LogP contribution in [0.5, 0.6) is 0 Å². The van der Waals surface area contributed by atoms with E-state index in [1.54, 1.807) is 0 Å². The lowest BCUT2D eigenvalue weighted by Crippen LogP contribution is -1.68. The van der Waals surface area contributed by atoms with Crippen LogP contribution < -0.4 is 0 Å². The van der Waals surface area contributed by atoms with Gasteiger partial charge in [-0.25, -0.2) is 4.39 Å². The lowest BCUT2D eigenvalue weighted by molar-refractivity contribution is 0.667. The van der Waals surface area contributed by atoms with E-state index in [4.69, 9.17) is 6.42 Å². The molecule has 0 amide bonds. The van der Waals surface area contributed by atoms with E-state index in [0.717, 1.165) is 12.2 Å². The number of allylic oxidation sites excluding steroid dienone is 4. The Balaban J connectivity index is 4.16. The summed E-state index contributed by atoms with van der Waals surface area (Å²) in [5.41, 5.74) is 0.312. The van der Waals surface area contributed by atoms with Crippen molar-refractivity contribution in [1.29, 1.82) is 0 Å². The van der Waals surface area contributed by atoms with Crippen LogP contribution in [0.15, 0.2) is 36.7 Å². The van der Waals surface area contributed by atoms with Crippen LogP contribution in [0, 0.1) is 12.3 Å². The van der Waals surface area contributed by atoms with Gasteiger partial charge in [-0.3, -0.25) is 0 Å². The molecule has 0 aliphatic rings. The zero-order chi connectivity index (χ0) is 7.28. The highest BCUT2D eigenvalue weighted by atomic mass is 19.1. The molecular weight excluding hydrogens is 115 g/mol. The van der Waals surface area contributed by atoms with Crippen molar-refractivity contribution in [2.24, 2.45) is 0 Å². The maximum atomic E-state index is 12.2. The maximum absolute atomic E-state index is 12.2. The second-order valence-electron chi connectivity index (χ2n) is 1.40. The predicted octanol–water partition coefficient (Wildman–Crippen LogP) is 2.22. The Hall–Kier alpha value is -1.29. The minimum atomic E-state index is -0.460. The Kier molecular flexibility index (Phi) is 3.15. The highest BCUT2D eigenvalue weighted by Crippen LogP contribution is 2.00. The average molecular weight is 122 g/mol. The van der Waals surface area contributed by atoms with E-state index in [1.165, 1.54) is 0 Å². The van der Waals surface area contributed by atoms with Crippen LogP contribution in [-0.2, 0) is 0 Å². The van der Waals surface area contributed by atoms with Crippen LogP contribution >= 0.6 is 0 Å². The fourth-order valence-electron chi connectivity index (χ4n) is 0.267. The van der Waals surface area contributed by atoms with Gasteiger partial charge in [0.05, 0.1) is 0 Å². The zero-order valence-electron chi connectivity index (χ0n) is 5.02. The maximum Gasteiger partial charge on any atom is 0.123 e. The summed E-state index contributed by atoms with van der Waals surface area (Å²) < 4.78 is 12.2. The summed E-state index contributed by atoms with van der Waals surface area (Å²) >= 11 is 0. The molecule has 0 atom stereocenters. The van der Waals surface area contributed by atoms with Crippen molar-refractivity contribution >= 4 is 0 Å². The molecule has 0 radical (unpaired) electrons. The van der Waals surface area contributed by atoms with Crippen LogP contribution in [0.2, 0.25) is 0 Å². The molecule has 0 aromatic rings. The second-order valence-corrected chi connectivity index (χ2v) is 1.40. The van der Waals surface area contributed by atoms with E-state index in [-0.39, 0.29) is 0 Å². The van der Waals surface area contributed by atoms with Crippen LogP contribution in [0.25, 0.3) is 0 Å². The summed E-state index contributed by atoms with van der Waals surface area (Å²) in [5.74, 6) is 1.71. The van der Waals surface area contributed by atoms with Crippen LogP contribution in [0.4, 0.5) is 4.39 Å². The summed E-state index contributed by atoms with van der Waals surface area (Å²) in [6.07, 6.45) is 7.10. The van der Waals surface area contributed by atoms with E-state index < -0.39 is 5.83 Å². The number of hydrogen-bond acceptors (Lipinski definition) is 0. The Bertz CT molecular complexity index is 191. The van der Waals surface area contributed by atoms with Gasteiger partial charge in [-0.05, 0) is 12.2 Å². The average Bonchev–Trinajstić information content (AvgIpc) is 1.87. The molecule has 0 aliphatic carbocycles. The van der Waals surface area contributed by atoms with Gasteiger partial charge in [0.15, 0.2) is 0 Å². The van der Waals surface area contributed by atoms with Gasteiger partial charge in [-0.1, -0.05) is 19.1 Å². The zero-order valence-corrected chi connectivity index (χ0v) is 5.02. The van der Waals surface area contributed by atoms with Crippen molar-refractivity contribution in [3.05, 3.63) is 36.7 Å². The molecule has 0 heterocycles. The van der Waals surface area contributed by atoms with Crippen molar-refractivity contribution in [2.75, 3.05) is 0 Å². The highest BCUT2D eigenvalue weighted by molar-refractivity contribution is 5.36. The summed E-state index contributed by atoms with van der Waals surface area (Å²) in [6, 6.07) is 0. The van der Waals surface area contributed by atoms with E-state index in [2.05, 4.69) is 19.1 Å². The highest BCUT2D eigenvalue weighted by Gasteiger charge is 1.84. The lowest BCUT2D eigenvalue weighted by atomic mass is 10.3. The summed E-state index contributed by atoms with van der Waals surface area (Å²) in [5, 5.41) is 0. The molecule has 46 valence electrons. The summed E-state index contributed by atoms with van der Waals surface area (Å²) in [4.78, 5) is 0. The number of hydrogen-bond donors (Lipinski definition) is 0. The minimum Gasteiger partial charge on any atom is -0.207 e. The predicted molar refractivity (Wildman–Crippen MR) is 37.4 cm³/mol. The fourth-order valence-corrected chi connectivity index (χ4v) is 0.267. The molecule has 0 fully saturated rings. The van der Waals surface area contributed by atoms with Gasteiger partial charge in [-0.2, -0.15) is 0 Å². The molecule has 0 aromatic carbocycles. The Morgan fingerprint density at radius 3 is 2.56 bits per heavy atom. The summed E-state index contributed by atoms with van der Waals surface area (Å²) in [6.45, 7) is 6.56. The van der Waals surface area contributed by atoms with Crippen LogP contribution in [0.3, 0.4) is 0 Å². The van der Waals surface area contributed by atoms with Gasteiger partial charge < -0.3 is 0 Å². The molecule has 0 aliphatic heterocycles. The molecule has 0 aromatic heterocycles. The van der Waals surface area contributed by atoms with Gasteiger partial charge in [0.1, 0.15) is 5.83 Å². The Morgan fingerprint density at radius 2 is 2.22 bits per heavy atom. The Labute approximate surface area is 54.4 Å². The molecule has 0 bridgehead atoms. The van der Waals surface area contributed by atoms with E-state index in [1.807, 2.05) is 0 Å². The van der Waals surface area contributed by atoms with Crippen molar-refractivity contribution in [1.82, 2.24) is 0 Å². The third-order valence-corrected chi connectivity index (χ3v) is 0.693. The quantitative estimate of drug-likeness (QED) is 0.389. The van der Waals surface area contributed by atoms with E-state index in [9.17, 15) is 4.39 Å². The minimum absolute atomic E-state index is 0.312. The van der Waals surface area contributed by atoms with Gasteiger partial charge in [0.25, 0.3) is 0 Å². The SMILES string of the molecule is C#CC(=C)/C=C(/F)C=C. The largest absolute Gasteiger partial charge is 0.207 e. The smallest absolute Gasteiger partial charge is 0.123 e. The van der Waals surface area contributed by atoms with Crippen LogP contribution in [0.1, 0.15) is 0 Å². The molecule has 0 unspecified atom stereocenters. The molecule has 0 N–H and O–H groups in total. The van der Waals surface area contributed by atoms with Crippen molar-refractivity contribution in [3.63, 3.8) is 0 Å². The monoisotopic (exact) mass is 122 g/mol. The normalized spacial score (nSPS) is 10.0. The molecule has 0 nitrogen and oxygen atoms in total. The standard InChI is InChI=1S/C8H7F/c1-4-7(3)6-8(9)5-2/h1,5-6H,2-3H2/b8-6+. The van der Waals surface area contributed by atoms with Gasteiger partial charge in [0.2, 0.25) is 0 Å². The molecule has 1 heteroatoms. The van der Waals surface area contributed by atoms with E-state index in [0.29, 0.717) is 5.57 Å². The summed E-state index contributed by atoms with van der Waals surface area (Å²) in [7, 11) is 0. The first kappa shape index (κ1) is 7.71. The third kappa shape index (κ3) is 3.31. The molecule has 0 saturated carbocycles. The first-order valence-corrected chi connectivity index (χ1v) is 2.36. The van der Waals surface area contributed by atoms with E-state index >= 15 is 0 Å². The molecule has 0 rings (SSSR count). The van der Waals surface area contributed by atoms with Crippen molar-refractivity contribution in [3.8, 4) is 12.3 Å². The first-order chi connectivity index (χ1) is 4.20. The van der Waals surface area contributed by atoms with Gasteiger partial charge in [-0.15, -0.1) is 6.42 Å². The molecule has 0 spiro atoms. The molecule has 9 heavy (non-hydrogen) atoms.